The molecule has 1 aromatic heterocycles. The van der Waals surface area contributed by atoms with Gasteiger partial charge in [0.15, 0.2) is 0 Å². The van der Waals surface area contributed by atoms with Gasteiger partial charge in [-0.05, 0) is 20.5 Å². The predicted octanol–water partition coefficient (Wildman–Crippen LogP) is -1.44. The van der Waals surface area contributed by atoms with Crippen molar-refractivity contribution in [2.75, 3.05) is 33.7 Å². The third-order valence-corrected chi connectivity index (χ3v) is 3.31. The van der Waals surface area contributed by atoms with Crippen molar-refractivity contribution in [1.82, 2.24) is 19.8 Å². The van der Waals surface area contributed by atoms with Crippen LogP contribution in [0.15, 0.2) is 15.8 Å². The van der Waals surface area contributed by atoms with Gasteiger partial charge < -0.3 is 15.0 Å². The van der Waals surface area contributed by atoms with E-state index in [2.05, 4.69) is 9.97 Å². The number of β-amino-alcohol motifs (C(OH)–C–C–N with tert-alkyl or cyclic N) is 1. The van der Waals surface area contributed by atoms with Gasteiger partial charge >= 0.3 is 5.69 Å². The molecule has 0 aromatic carbocycles. The van der Waals surface area contributed by atoms with Gasteiger partial charge in [-0.25, -0.2) is 4.79 Å². The van der Waals surface area contributed by atoms with Crippen LogP contribution < -0.4 is 11.2 Å². The number of nitrogens with one attached hydrogen (secondary N) is 2. The highest BCUT2D eigenvalue weighted by Gasteiger charge is 2.36. The minimum absolute atomic E-state index is 0.369. The lowest BCUT2D eigenvalue weighted by Gasteiger charge is -2.26. The Morgan fingerprint density at radius 1 is 1.47 bits per heavy atom. The molecule has 19 heavy (non-hydrogen) atoms. The minimum atomic E-state index is -0.724. The molecular formula is C12H20N4O3. The molecule has 0 aliphatic carbocycles. The van der Waals surface area contributed by atoms with Crippen molar-refractivity contribution in [1.29, 1.82) is 0 Å². The Balaban J connectivity index is 2.02. The Labute approximate surface area is 110 Å². The van der Waals surface area contributed by atoms with Gasteiger partial charge in [-0.15, -0.1) is 0 Å². The SMILES string of the molecule is CN(C)C[C@]1(O)CCN(Cc2c[nH]c(=O)[nH]c2=O)C1. The number of H-pyrrole nitrogens is 2. The van der Waals surface area contributed by atoms with Crippen LogP contribution in [0.5, 0.6) is 0 Å². The van der Waals surface area contributed by atoms with E-state index in [1.165, 1.54) is 6.20 Å². The third-order valence-electron chi connectivity index (χ3n) is 3.31. The summed E-state index contributed by atoms with van der Waals surface area (Å²) < 4.78 is 0. The molecule has 2 rings (SSSR count). The van der Waals surface area contributed by atoms with Crippen molar-refractivity contribution in [3.05, 3.63) is 32.6 Å². The van der Waals surface area contributed by atoms with E-state index in [4.69, 9.17) is 0 Å². The van der Waals surface area contributed by atoms with Gasteiger partial charge in [0.05, 0.1) is 5.60 Å². The zero-order valence-electron chi connectivity index (χ0n) is 11.3. The predicted molar refractivity (Wildman–Crippen MR) is 71.1 cm³/mol. The van der Waals surface area contributed by atoms with Gasteiger partial charge in [0, 0.05) is 37.9 Å². The van der Waals surface area contributed by atoms with E-state index in [-0.39, 0.29) is 5.56 Å². The molecule has 1 fully saturated rings. The lowest BCUT2D eigenvalue weighted by atomic mass is 10.0. The molecule has 7 heteroatoms. The lowest BCUT2D eigenvalue weighted by Crippen LogP contribution is -2.42. The van der Waals surface area contributed by atoms with E-state index in [9.17, 15) is 14.7 Å². The Bertz CT molecular complexity index is 550. The van der Waals surface area contributed by atoms with Crippen LogP contribution in [-0.2, 0) is 6.54 Å². The number of hydrogen-bond acceptors (Lipinski definition) is 5. The highest BCUT2D eigenvalue weighted by atomic mass is 16.3. The van der Waals surface area contributed by atoms with Gasteiger partial charge in [-0.2, -0.15) is 0 Å². The number of hydrogen-bond donors (Lipinski definition) is 3. The fourth-order valence-corrected chi connectivity index (χ4v) is 2.59. The molecule has 0 unspecified atom stereocenters. The largest absolute Gasteiger partial charge is 0.387 e. The van der Waals surface area contributed by atoms with Crippen molar-refractivity contribution in [3.63, 3.8) is 0 Å². The second-order valence-corrected chi connectivity index (χ2v) is 5.52. The highest BCUT2D eigenvalue weighted by Crippen LogP contribution is 2.22. The van der Waals surface area contributed by atoms with Crippen LogP contribution in [0.25, 0.3) is 0 Å². The Morgan fingerprint density at radius 2 is 2.21 bits per heavy atom. The molecule has 3 N–H and O–H groups in total. The van der Waals surface area contributed by atoms with E-state index in [1.54, 1.807) is 0 Å². The molecule has 1 atom stereocenters. The topological polar surface area (TPSA) is 92.4 Å². The van der Waals surface area contributed by atoms with Crippen LogP contribution in [0.1, 0.15) is 12.0 Å². The number of likely N-dealkylation sites (tertiary alicyclic amines) is 1. The molecule has 0 amide bonds. The molecule has 2 heterocycles. The number of aromatic nitrogens is 2. The molecule has 0 spiro atoms. The summed E-state index contributed by atoms with van der Waals surface area (Å²) in [7, 11) is 3.85. The van der Waals surface area contributed by atoms with Crippen LogP contribution in [0, 0.1) is 0 Å². The molecule has 106 valence electrons. The fourth-order valence-electron chi connectivity index (χ4n) is 2.59. The number of rotatable bonds is 4. The zero-order chi connectivity index (χ0) is 14.0. The number of aliphatic hydroxyl groups is 1. The van der Waals surface area contributed by atoms with Crippen molar-refractivity contribution in [3.8, 4) is 0 Å². The standard InChI is InChI=1S/C12H20N4O3/c1-15(2)7-12(19)3-4-16(8-12)6-9-5-13-11(18)14-10(9)17/h5,19H,3-4,6-8H2,1-2H3,(H2,13,14,17,18)/t12-/m1/s1. The van der Waals surface area contributed by atoms with Gasteiger partial charge in [0.2, 0.25) is 0 Å². The molecule has 7 nitrogen and oxygen atoms in total. The molecule has 0 radical (unpaired) electrons. The first kappa shape index (κ1) is 14.0. The molecular weight excluding hydrogens is 248 g/mol. The van der Waals surface area contributed by atoms with E-state index in [0.29, 0.717) is 31.6 Å². The molecule has 1 saturated heterocycles. The smallest absolute Gasteiger partial charge is 0.325 e. The number of nitrogens with zero attached hydrogens (tertiary/aromatic N) is 2. The quantitative estimate of drug-likeness (QED) is 0.622. The summed E-state index contributed by atoms with van der Waals surface area (Å²) in [5.41, 5.74) is -1.09. The van der Waals surface area contributed by atoms with Crippen LogP contribution >= 0.6 is 0 Å². The van der Waals surface area contributed by atoms with Crippen LogP contribution in [0.4, 0.5) is 0 Å². The first-order valence-corrected chi connectivity index (χ1v) is 6.28. The molecule has 0 bridgehead atoms. The third kappa shape index (κ3) is 3.52. The van der Waals surface area contributed by atoms with Gasteiger partial charge in [0.25, 0.3) is 5.56 Å². The lowest BCUT2D eigenvalue weighted by molar-refractivity contribution is 0.0240. The van der Waals surface area contributed by atoms with E-state index in [0.717, 1.165) is 6.54 Å². The average Bonchev–Trinajstić information content (AvgIpc) is 2.63. The van der Waals surface area contributed by atoms with Crippen molar-refractivity contribution in [2.45, 2.75) is 18.6 Å². The van der Waals surface area contributed by atoms with Gasteiger partial charge in [-0.1, -0.05) is 0 Å². The summed E-state index contributed by atoms with van der Waals surface area (Å²) >= 11 is 0. The molecule has 0 saturated carbocycles. The molecule has 1 aromatic rings. The molecule has 1 aliphatic rings. The summed E-state index contributed by atoms with van der Waals surface area (Å²) in [5, 5.41) is 10.4. The van der Waals surface area contributed by atoms with Crippen molar-refractivity contribution < 1.29 is 5.11 Å². The summed E-state index contributed by atoms with van der Waals surface area (Å²) in [6.45, 7) is 2.31. The Morgan fingerprint density at radius 3 is 2.84 bits per heavy atom. The van der Waals surface area contributed by atoms with E-state index in [1.807, 2.05) is 23.9 Å². The van der Waals surface area contributed by atoms with Gasteiger partial charge in [0.1, 0.15) is 0 Å². The van der Waals surface area contributed by atoms with E-state index < -0.39 is 11.3 Å². The first-order chi connectivity index (χ1) is 8.88. The minimum Gasteiger partial charge on any atom is -0.387 e. The maximum Gasteiger partial charge on any atom is 0.325 e. The number of aromatic amines is 2. The zero-order valence-corrected chi connectivity index (χ0v) is 11.3. The Kier molecular flexibility index (Phi) is 3.88. The first-order valence-electron chi connectivity index (χ1n) is 6.28. The summed E-state index contributed by atoms with van der Waals surface area (Å²) in [6.07, 6.45) is 2.12. The average molecular weight is 268 g/mol. The molecule has 1 aliphatic heterocycles. The highest BCUT2D eigenvalue weighted by molar-refractivity contribution is 5.04. The number of likely N-dealkylation sites (N-methyl/N-ethyl adjacent to an activating group) is 1. The van der Waals surface area contributed by atoms with Crippen molar-refractivity contribution in [2.24, 2.45) is 0 Å². The monoisotopic (exact) mass is 268 g/mol. The van der Waals surface area contributed by atoms with E-state index >= 15 is 0 Å². The second-order valence-electron chi connectivity index (χ2n) is 5.52. The van der Waals surface area contributed by atoms with Crippen LogP contribution in [0.2, 0.25) is 0 Å². The van der Waals surface area contributed by atoms with Crippen molar-refractivity contribution >= 4 is 0 Å². The normalized spacial score (nSPS) is 24.2. The second kappa shape index (κ2) is 5.28. The maximum atomic E-state index is 11.6. The Hall–Kier alpha value is -1.44. The summed E-state index contributed by atoms with van der Waals surface area (Å²) in [5.74, 6) is 0. The van der Waals surface area contributed by atoms with Crippen LogP contribution in [0.3, 0.4) is 0 Å². The van der Waals surface area contributed by atoms with Crippen LogP contribution in [-0.4, -0.2) is 64.2 Å². The van der Waals surface area contributed by atoms with Gasteiger partial charge in [-0.3, -0.25) is 14.7 Å². The fraction of sp³-hybridized carbons (Fsp3) is 0.667. The maximum absolute atomic E-state index is 11.6. The summed E-state index contributed by atoms with van der Waals surface area (Å²) in [4.78, 5) is 31.2. The summed E-state index contributed by atoms with van der Waals surface area (Å²) in [6, 6.07) is 0.